The molecule has 5 amide bonds. The Morgan fingerprint density at radius 2 is 1.48 bits per heavy atom. The molecular formula is C50H61ClF4N15O17PS4. The van der Waals surface area contributed by atoms with Crippen LogP contribution in [0, 0.1) is 12.7 Å². The lowest BCUT2D eigenvalue weighted by molar-refractivity contribution is -0.139. The molecule has 2 unspecified atom stereocenters. The second-order valence-electron chi connectivity index (χ2n) is 18.7. The Kier molecular flexibility index (Phi) is 28.4. The van der Waals surface area contributed by atoms with Crippen molar-refractivity contribution in [3.05, 3.63) is 103 Å². The van der Waals surface area contributed by atoms with Crippen LogP contribution in [0.5, 0.6) is 17.8 Å². The normalized spacial score (nSPS) is 13.0. The number of nitrogens with one attached hydrogen (secondary N) is 4. The van der Waals surface area contributed by atoms with Crippen LogP contribution in [0.15, 0.2) is 85.4 Å². The van der Waals surface area contributed by atoms with Crippen LogP contribution in [0.3, 0.4) is 0 Å². The van der Waals surface area contributed by atoms with E-state index in [1.807, 2.05) is 0 Å². The van der Waals surface area contributed by atoms with Gasteiger partial charge >= 0.3 is 41.1 Å². The number of carbonyl (C=O) groups excluding carboxylic acids is 4. The third kappa shape index (κ3) is 24.3. The molecule has 2 atom stereocenters. The molecule has 5 heterocycles. The largest absolute Gasteiger partial charge is 0.481 e. The van der Waals surface area contributed by atoms with E-state index in [0.29, 0.717) is 22.8 Å². The van der Waals surface area contributed by atoms with Crippen molar-refractivity contribution in [2.45, 2.75) is 79.2 Å². The fourth-order valence-electron chi connectivity index (χ4n) is 7.07. The molecule has 0 aliphatic carbocycles. The van der Waals surface area contributed by atoms with Crippen molar-refractivity contribution in [2.75, 3.05) is 71.7 Å². The summed E-state index contributed by atoms with van der Waals surface area (Å²) >= 11 is 8.17. The van der Waals surface area contributed by atoms with Gasteiger partial charge in [0.1, 0.15) is 23.4 Å². The number of aryl methyl sites for hydroxylation is 2. The Balaban J connectivity index is 0.000000272. The fraction of sp³-hybridized carbons (Fsp3) is 0.380. The van der Waals surface area contributed by atoms with Crippen molar-refractivity contribution in [1.29, 1.82) is 0 Å². The van der Waals surface area contributed by atoms with Gasteiger partial charge in [0.05, 0.1) is 55.7 Å². The lowest BCUT2D eigenvalue weighted by Gasteiger charge is -2.15. The molecule has 7 rings (SSSR count). The van der Waals surface area contributed by atoms with E-state index in [2.05, 4.69) is 50.3 Å². The molecule has 2 aromatic carbocycles. The van der Waals surface area contributed by atoms with Gasteiger partial charge in [-0.2, -0.15) is 46.5 Å². The molecule has 1 aliphatic heterocycles. The number of benzene rings is 2. The van der Waals surface area contributed by atoms with Gasteiger partial charge in [0.15, 0.2) is 12.4 Å². The van der Waals surface area contributed by atoms with Crippen LogP contribution in [0.4, 0.5) is 44.7 Å². The van der Waals surface area contributed by atoms with Gasteiger partial charge in [-0.3, -0.25) is 39.1 Å². The maximum Gasteiger partial charge on any atom is 0.389 e. The third-order valence-corrected chi connectivity index (χ3v) is 17.5. The van der Waals surface area contributed by atoms with Crippen LogP contribution in [0.1, 0.15) is 47.4 Å². The average molecular weight is 1410 g/mol. The summed E-state index contributed by atoms with van der Waals surface area (Å²) in [4.78, 5) is 107. The van der Waals surface area contributed by atoms with Gasteiger partial charge in [0.2, 0.25) is 28.5 Å². The summed E-state index contributed by atoms with van der Waals surface area (Å²) in [6.07, 6.45) is -3.11. The first-order chi connectivity index (χ1) is 43.0. The average Bonchev–Trinajstić information content (AvgIpc) is 1.39. The molecule has 1 aliphatic rings. The van der Waals surface area contributed by atoms with Gasteiger partial charge in [-0.25, -0.2) is 46.5 Å². The van der Waals surface area contributed by atoms with Gasteiger partial charge in [0, 0.05) is 57.5 Å². The maximum absolute atomic E-state index is 14.3. The number of sulfonamides is 2. The number of thioether (sulfide) groups is 1. The number of nitrogens with zero attached hydrogens (tertiary/aromatic N) is 10. The zero-order chi connectivity index (χ0) is 68.9. The van der Waals surface area contributed by atoms with Gasteiger partial charge < -0.3 is 39.6 Å². The number of pyridine rings is 1. The number of rotatable bonds is 20. The number of methoxy groups -OCH3 is 4. The quantitative estimate of drug-likeness (QED) is 0.0234. The number of hydrogen-bond acceptors (Lipinski definition) is 25. The van der Waals surface area contributed by atoms with Crippen LogP contribution in [0.25, 0.3) is 0 Å². The SMILES string of the molecule is COC(=O)CSc1cc(/N=c2\sc(=O)n3n2CCCC3)c(F)cc1Cl.COc1cc(OC)nc(NC(=O)NS(=O)(=O)c2ncccc2C(=O)N(C)C)n1.COc1nc(C)nc(NC(=O)NS(=O)(=O)c2ccccc2CCC(F)(F)F)n1.CP(=O)(O)CCC(N)C(=O)O. The summed E-state index contributed by atoms with van der Waals surface area (Å²) < 4.78 is 138. The first-order valence-electron chi connectivity index (χ1n) is 26.0. The summed E-state index contributed by atoms with van der Waals surface area (Å²) in [6.45, 7) is 4.01. The molecule has 42 heteroatoms. The van der Waals surface area contributed by atoms with E-state index in [0.717, 1.165) is 48.1 Å². The molecule has 4 aromatic heterocycles. The molecular weight excluding hydrogens is 1350 g/mol. The first-order valence-corrected chi connectivity index (χ1v) is 33.5. The monoisotopic (exact) mass is 1410 g/mol. The summed E-state index contributed by atoms with van der Waals surface area (Å²) in [5, 5.41) is 12.2. The number of halogens is 5. The van der Waals surface area contributed by atoms with Gasteiger partial charge in [-0.05, 0) is 79.8 Å². The van der Waals surface area contributed by atoms with E-state index < -0.39 is 98.1 Å². The minimum atomic E-state index is -4.46. The highest BCUT2D eigenvalue weighted by Gasteiger charge is 2.30. The number of amides is 5. The first kappa shape index (κ1) is 76.1. The number of aromatic nitrogens is 8. The highest BCUT2D eigenvalue weighted by Crippen LogP contribution is 2.36. The number of carbonyl (C=O) groups is 5. The minimum Gasteiger partial charge on any atom is -0.481 e. The number of esters is 1. The van der Waals surface area contributed by atoms with Crippen LogP contribution in [-0.2, 0) is 58.4 Å². The molecule has 6 aromatic rings. The number of anilines is 2. The lowest BCUT2D eigenvalue weighted by atomic mass is 10.1. The van der Waals surface area contributed by atoms with E-state index >= 15 is 0 Å². The molecule has 92 heavy (non-hydrogen) atoms. The Labute approximate surface area is 534 Å². The van der Waals surface area contributed by atoms with E-state index in [9.17, 15) is 67.7 Å². The summed E-state index contributed by atoms with van der Waals surface area (Å²) in [5.74, 6) is -2.78. The van der Waals surface area contributed by atoms with Crippen LogP contribution < -0.4 is 49.7 Å². The third-order valence-electron chi connectivity index (χ3n) is 11.4. The molecule has 0 bridgehead atoms. The highest BCUT2D eigenvalue weighted by atomic mass is 35.5. The van der Waals surface area contributed by atoms with Crippen molar-refractivity contribution in [2.24, 2.45) is 10.7 Å². The highest BCUT2D eigenvalue weighted by molar-refractivity contribution is 8.00. The number of nitrogens with two attached hydrogens (primary N) is 1. The number of ether oxygens (including phenoxy) is 4. The molecule has 0 saturated carbocycles. The maximum atomic E-state index is 14.3. The van der Waals surface area contributed by atoms with Crippen molar-refractivity contribution < 1.29 is 91.9 Å². The molecule has 0 fully saturated rings. The van der Waals surface area contributed by atoms with Gasteiger partial charge in [-0.15, -0.1) is 11.8 Å². The van der Waals surface area contributed by atoms with Crippen LogP contribution in [-0.4, -0.2) is 174 Å². The van der Waals surface area contributed by atoms with Crippen LogP contribution in [0.2, 0.25) is 5.02 Å². The number of carboxylic acids is 1. The van der Waals surface area contributed by atoms with Gasteiger partial charge in [-0.1, -0.05) is 29.8 Å². The Bertz CT molecular complexity index is 4030. The predicted molar refractivity (Wildman–Crippen MR) is 324 cm³/mol. The van der Waals surface area contributed by atoms with Crippen molar-refractivity contribution in [3.63, 3.8) is 0 Å². The molecule has 502 valence electrons. The smallest absolute Gasteiger partial charge is 0.389 e. The molecule has 8 N–H and O–H groups in total. The number of carboxylic acid groups (broad SMARTS) is 1. The molecule has 0 spiro atoms. The zero-order valence-electron chi connectivity index (χ0n) is 49.8. The summed E-state index contributed by atoms with van der Waals surface area (Å²) in [6, 6.07) is 8.33. The Morgan fingerprint density at radius 3 is 2.04 bits per heavy atom. The zero-order valence-corrected chi connectivity index (χ0v) is 54.7. The standard InChI is InChI=1S/C15H15ClFN3O3S2.C15H16F3N5O4S.C15H18N6O6S.C5H12NO4P/c1-23-13(21)8-24-12-7-11(10(17)6-9(12)16)18-14-19-4-2-3-5-20(19)15(22)25-14;1-9-19-12(22-14(20-9)27-2)21-13(24)23-28(25,26)11-6-4-3-5-10(11)7-8-15(16,17)18;1-21(2)13(22)9-6-5-7-16-12(9)28(24,25)20-15(23)19-14-17-10(26-3)8-11(18-14)27-4;1-11(9,10)3-2-4(6)5(7)8/h6-7H,2-5,8H2,1H3;3-6H,7-8H2,1-2H3,(H2,19,20,21,22,23,24);5-8H,1-4H3,(H2,17,18,19,20,23);4H,2-3,6H2,1H3,(H,7,8)(H,9,10)/b18-14-;;;. The number of fused-ring (bicyclic) bond motifs is 1. The van der Waals surface area contributed by atoms with Crippen molar-refractivity contribution in [1.82, 2.24) is 53.6 Å². The van der Waals surface area contributed by atoms with Gasteiger partial charge in [0.25, 0.3) is 26.0 Å². The fourth-order valence-corrected chi connectivity index (χ4v) is 12.0. The molecule has 32 nitrogen and oxygen atoms in total. The molecule has 0 saturated heterocycles. The predicted octanol–water partition coefficient (Wildman–Crippen LogP) is 4.78. The number of aliphatic carboxylic acids is 1. The van der Waals surface area contributed by atoms with E-state index in [1.165, 1.54) is 110 Å². The Morgan fingerprint density at radius 1 is 0.880 bits per heavy atom. The number of alkyl halides is 3. The number of urea groups is 2. The van der Waals surface area contributed by atoms with Crippen LogP contribution >= 0.6 is 42.1 Å². The molecule has 0 radical (unpaired) electrons. The van der Waals surface area contributed by atoms with E-state index in [1.54, 1.807) is 18.8 Å². The number of hydrogen-bond donors (Lipinski definition) is 7. The Hall–Kier alpha value is -8.40. The van der Waals surface area contributed by atoms with Crippen molar-refractivity contribution >= 4 is 110 Å². The summed E-state index contributed by atoms with van der Waals surface area (Å²) in [7, 11) is -3.80. The minimum absolute atomic E-state index is 0.0412. The van der Waals surface area contributed by atoms with E-state index in [4.69, 9.17) is 41.5 Å². The van der Waals surface area contributed by atoms with E-state index in [-0.39, 0.29) is 80.5 Å². The van der Waals surface area contributed by atoms with Crippen molar-refractivity contribution in [3.8, 4) is 17.8 Å². The lowest BCUT2D eigenvalue weighted by Crippen LogP contribution is -2.36. The summed E-state index contributed by atoms with van der Waals surface area (Å²) in [5.41, 5.74) is 4.92. The topological polar surface area (TPSA) is 442 Å². The second-order valence-corrected chi connectivity index (χ2v) is 26.8. The second kappa shape index (κ2) is 34.3.